The lowest BCUT2D eigenvalue weighted by Gasteiger charge is -2.45. The van der Waals surface area contributed by atoms with Crippen LogP contribution in [0.5, 0.6) is 0 Å². The molecule has 1 saturated heterocycles. The van der Waals surface area contributed by atoms with Gasteiger partial charge < -0.3 is 14.9 Å². The first kappa shape index (κ1) is 14.7. The van der Waals surface area contributed by atoms with Gasteiger partial charge in [-0.15, -0.1) is 0 Å². The van der Waals surface area contributed by atoms with Gasteiger partial charge in [0.05, 0.1) is 16.9 Å². The van der Waals surface area contributed by atoms with Crippen LogP contribution in [-0.2, 0) is 14.3 Å². The van der Waals surface area contributed by atoms with Crippen LogP contribution in [0.1, 0.15) is 39.0 Å². The first-order valence-corrected chi connectivity index (χ1v) is 8.74. The molecule has 0 unspecified atom stereocenters. The van der Waals surface area contributed by atoms with Crippen LogP contribution < -0.4 is 0 Å². The molecule has 4 aliphatic carbocycles. The summed E-state index contributed by atoms with van der Waals surface area (Å²) in [6.07, 6.45) is 6.66. The number of aliphatic hydroxyl groups is 1. The average Bonchev–Trinajstić information content (AvgIpc) is 2.88. The Hall–Kier alpha value is -1.62. The fourth-order valence-electron chi connectivity index (χ4n) is 7.23. The summed E-state index contributed by atoms with van der Waals surface area (Å²) in [5.74, 6) is -2.23. The molecule has 2 N–H and O–H groups in total. The molecule has 5 aliphatic rings. The van der Waals surface area contributed by atoms with E-state index in [1.807, 2.05) is 19.1 Å². The van der Waals surface area contributed by atoms with Crippen molar-refractivity contribution in [1.29, 1.82) is 0 Å². The number of aliphatic carboxylic acids is 1. The highest BCUT2D eigenvalue weighted by Crippen LogP contribution is 2.77. The van der Waals surface area contributed by atoms with Crippen molar-refractivity contribution in [3.05, 3.63) is 24.3 Å². The van der Waals surface area contributed by atoms with E-state index in [0.29, 0.717) is 32.1 Å². The second-order valence-corrected chi connectivity index (χ2v) is 8.84. The Labute approximate surface area is 140 Å². The Morgan fingerprint density at radius 2 is 2.21 bits per heavy atom. The predicted octanol–water partition coefficient (Wildman–Crippen LogP) is 2.06. The van der Waals surface area contributed by atoms with Crippen LogP contribution in [0.15, 0.2) is 24.3 Å². The Balaban J connectivity index is 1.77. The van der Waals surface area contributed by atoms with E-state index in [1.54, 1.807) is 0 Å². The number of carbonyl (C=O) groups is 2. The first-order chi connectivity index (χ1) is 11.2. The number of esters is 1. The molecule has 0 aromatic carbocycles. The molecule has 0 radical (unpaired) electrons. The number of hydrogen-bond donors (Lipinski definition) is 2. The summed E-state index contributed by atoms with van der Waals surface area (Å²) in [6, 6.07) is 0. The number of rotatable bonds is 1. The second kappa shape index (κ2) is 3.79. The van der Waals surface area contributed by atoms with Gasteiger partial charge >= 0.3 is 11.9 Å². The van der Waals surface area contributed by atoms with Crippen molar-refractivity contribution in [3.8, 4) is 0 Å². The fourth-order valence-corrected chi connectivity index (χ4v) is 7.23. The summed E-state index contributed by atoms with van der Waals surface area (Å²) in [5.41, 5.74) is -2.35. The van der Waals surface area contributed by atoms with Crippen LogP contribution in [0.3, 0.4) is 0 Å². The summed E-state index contributed by atoms with van der Waals surface area (Å²) >= 11 is 0. The zero-order valence-electron chi connectivity index (χ0n) is 13.7. The molecule has 24 heavy (non-hydrogen) atoms. The second-order valence-electron chi connectivity index (χ2n) is 8.84. The monoisotopic (exact) mass is 330 g/mol. The topological polar surface area (TPSA) is 83.8 Å². The summed E-state index contributed by atoms with van der Waals surface area (Å²) in [4.78, 5) is 25.0. The molecule has 1 heterocycles. The van der Waals surface area contributed by atoms with Gasteiger partial charge in [-0.1, -0.05) is 18.7 Å². The van der Waals surface area contributed by atoms with Crippen molar-refractivity contribution in [2.75, 3.05) is 0 Å². The van der Waals surface area contributed by atoms with E-state index in [9.17, 15) is 19.8 Å². The molecular formula is C19H22O5. The summed E-state index contributed by atoms with van der Waals surface area (Å²) in [6.45, 7) is 5.88. The van der Waals surface area contributed by atoms with E-state index in [4.69, 9.17) is 4.74 Å². The Bertz CT molecular complexity index is 740. The third kappa shape index (κ3) is 1.25. The summed E-state index contributed by atoms with van der Waals surface area (Å²) in [7, 11) is 0. The third-order valence-electron chi connectivity index (χ3n) is 7.97. The molecule has 5 heteroatoms. The predicted molar refractivity (Wildman–Crippen MR) is 83.8 cm³/mol. The number of carboxylic acid groups (broad SMARTS) is 1. The third-order valence-corrected chi connectivity index (χ3v) is 7.97. The zero-order valence-corrected chi connectivity index (χ0v) is 13.7. The lowest BCUT2D eigenvalue weighted by Crippen LogP contribution is -2.47. The number of carbonyl (C=O) groups excluding carboxylic acids is 1. The van der Waals surface area contributed by atoms with Crippen molar-refractivity contribution < 1.29 is 24.5 Å². The van der Waals surface area contributed by atoms with Crippen LogP contribution in [-0.4, -0.2) is 33.4 Å². The van der Waals surface area contributed by atoms with Gasteiger partial charge in [0.25, 0.3) is 0 Å². The van der Waals surface area contributed by atoms with Gasteiger partial charge in [-0.05, 0) is 43.6 Å². The maximum Gasteiger partial charge on any atom is 0.316 e. The molecule has 7 atom stereocenters. The van der Waals surface area contributed by atoms with Gasteiger partial charge in [-0.3, -0.25) is 9.59 Å². The number of fused-ring (bicyclic) bond motifs is 1. The summed E-state index contributed by atoms with van der Waals surface area (Å²) < 4.78 is 5.99. The van der Waals surface area contributed by atoms with Crippen molar-refractivity contribution in [3.63, 3.8) is 0 Å². The van der Waals surface area contributed by atoms with Crippen molar-refractivity contribution >= 4 is 11.9 Å². The smallest absolute Gasteiger partial charge is 0.316 e. The lowest BCUT2D eigenvalue weighted by atomic mass is 9.62. The SMILES string of the molecule is C=C1C[C@]23C[C@@]1(O)CC[C@@H]2[C@@]12CC=C[C@@](C)(C(=O)O1)[C@H]2[C@@H]3C(=O)O. The van der Waals surface area contributed by atoms with Crippen molar-refractivity contribution in [1.82, 2.24) is 0 Å². The molecule has 4 fully saturated rings. The normalized spacial score (nSPS) is 56.8. The van der Waals surface area contributed by atoms with Gasteiger partial charge in [0, 0.05) is 18.3 Å². The largest absolute Gasteiger partial charge is 0.481 e. The van der Waals surface area contributed by atoms with E-state index in [0.717, 1.165) is 5.57 Å². The molecule has 4 bridgehead atoms. The van der Waals surface area contributed by atoms with Gasteiger partial charge in [0.2, 0.25) is 0 Å². The Morgan fingerprint density at radius 1 is 1.46 bits per heavy atom. The lowest BCUT2D eigenvalue weighted by molar-refractivity contribution is -0.162. The molecule has 0 aromatic rings. The molecule has 1 spiro atoms. The molecule has 3 saturated carbocycles. The Morgan fingerprint density at radius 3 is 2.92 bits per heavy atom. The van der Waals surface area contributed by atoms with Crippen molar-refractivity contribution in [2.45, 2.75) is 50.2 Å². The molecule has 5 rings (SSSR count). The zero-order chi connectivity index (χ0) is 17.1. The van der Waals surface area contributed by atoms with E-state index in [1.165, 1.54) is 0 Å². The van der Waals surface area contributed by atoms with E-state index < -0.39 is 33.9 Å². The number of hydrogen-bond acceptors (Lipinski definition) is 4. The fraction of sp³-hybridized carbons (Fsp3) is 0.684. The van der Waals surface area contributed by atoms with Crippen LogP contribution in [0, 0.1) is 28.6 Å². The minimum atomic E-state index is -0.952. The highest BCUT2D eigenvalue weighted by molar-refractivity contribution is 5.86. The standard InChI is InChI=1S/C19H22O5/c1-10-8-17-9-18(10,23)7-4-11(17)19-6-3-5-16(2,15(22)24-19)13(19)12(17)14(20)21/h3,5,11-13,23H,1,4,6-9H2,2H3,(H,20,21)/t11-,12+,13+,16+,17-,18-,19+/m0/s1. The number of carboxylic acids is 1. The Kier molecular flexibility index (Phi) is 2.32. The number of ether oxygens (including phenoxy) is 1. The van der Waals surface area contributed by atoms with E-state index in [-0.39, 0.29) is 17.8 Å². The van der Waals surface area contributed by atoms with E-state index in [2.05, 4.69) is 6.58 Å². The van der Waals surface area contributed by atoms with Gasteiger partial charge in [-0.25, -0.2) is 0 Å². The molecule has 128 valence electrons. The minimum absolute atomic E-state index is 0.0219. The molecule has 1 aliphatic heterocycles. The van der Waals surface area contributed by atoms with Crippen LogP contribution in [0.25, 0.3) is 0 Å². The minimum Gasteiger partial charge on any atom is -0.481 e. The maximum absolute atomic E-state index is 12.6. The molecule has 0 aromatic heterocycles. The first-order valence-electron chi connectivity index (χ1n) is 8.74. The van der Waals surface area contributed by atoms with E-state index >= 15 is 0 Å². The van der Waals surface area contributed by atoms with Crippen LogP contribution >= 0.6 is 0 Å². The molecular weight excluding hydrogens is 308 g/mol. The molecule has 5 nitrogen and oxygen atoms in total. The average molecular weight is 330 g/mol. The maximum atomic E-state index is 12.6. The van der Waals surface area contributed by atoms with Crippen LogP contribution in [0.2, 0.25) is 0 Å². The van der Waals surface area contributed by atoms with Gasteiger partial charge in [-0.2, -0.15) is 0 Å². The van der Waals surface area contributed by atoms with Crippen LogP contribution in [0.4, 0.5) is 0 Å². The highest BCUT2D eigenvalue weighted by Gasteiger charge is 2.82. The van der Waals surface area contributed by atoms with Gasteiger partial charge in [0.1, 0.15) is 5.60 Å². The highest BCUT2D eigenvalue weighted by atomic mass is 16.6. The summed E-state index contributed by atoms with van der Waals surface area (Å²) in [5, 5.41) is 21.1. The van der Waals surface area contributed by atoms with Crippen molar-refractivity contribution in [2.24, 2.45) is 28.6 Å². The quantitative estimate of drug-likeness (QED) is 0.568. The molecule has 0 amide bonds. The van der Waals surface area contributed by atoms with Gasteiger partial charge in [0.15, 0.2) is 0 Å².